The third-order valence-corrected chi connectivity index (χ3v) is 7.45. The van der Waals surface area contributed by atoms with Crippen LogP contribution in [0.15, 0.2) is 18.2 Å². The van der Waals surface area contributed by atoms with Crippen LogP contribution in [0.5, 0.6) is 0 Å². The first-order valence-corrected chi connectivity index (χ1v) is 15.0. The van der Waals surface area contributed by atoms with Crippen molar-refractivity contribution in [3.05, 3.63) is 34.9 Å². The van der Waals surface area contributed by atoms with Crippen molar-refractivity contribution < 1.29 is 19.1 Å². The van der Waals surface area contributed by atoms with Gasteiger partial charge in [-0.15, -0.1) is 0 Å². The number of hydrogen-bond donors (Lipinski definition) is 2. The average Bonchev–Trinajstić information content (AvgIpc) is 2.75. The van der Waals surface area contributed by atoms with Gasteiger partial charge < -0.3 is 20.3 Å². The highest BCUT2D eigenvalue weighted by Crippen LogP contribution is 2.34. The predicted octanol–water partition coefficient (Wildman–Crippen LogP) is 5.68. The van der Waals surface area contributed by atoms with Gasteiger partial charge in [0.25, 0.3) is 0 Å². The number of carbonyl (C=O) groups excluding carboxylic acids is 3. The molecule has 3 atom stereocenters. The van der Waals surface area contributed by atoms with E-state index in [1.165, 1.54) is 0 Å². The van der Waals surface area contributed by atoms with Gasteiger partial charge in [0.1, 0.15) is 17.7 Å². The van der Waals surface area contributed by atoms with E-state index >= 15 is 0 Å². The van der Waals surface area contributed by atoms with Gasteiger partial charge in [-0.3, -0.25) is 9.59 Å². The minimum Gasteiger partial charge on any atom is -0.444 e. The second-order valence-electron chi connectivity index (χ2n) is 11.3. The Morgan fingerprint density at radius 3 is 2.30 bits per heavy atom. The molecule has 37 heavy (non-hydrogen) atoms. The Hall–Kier alpha value is -2.22. The molecule has 0 radical (unpaired) electrons. The fourth-order valence-electron chi connectivity index (χ4n) is 4.51. The highest BCUT2D eigenvalue weighted by molar-refractivity contribution is 7.98. The Morgan fingerprint density at radius 2 is 1.78 bits per heavy atom. The maximum Gasteiger partial charge on any atom is 0.408 e. The van der Waals surface area contributed by atoms with Crippen molar-refractivity contribution >= 4 is 29.7 Å². The van der Waals surface area contributed by atoms with E-state index in [9.17, 15) is 14.4 Å². The van der Waals surface area contributed by atoms with Gasteiger partial charge in [0.15, 0.2) is 0 Å². The summed E-state index contributed by atoms with van der Waals surface area (Å²) in [5.74, 6) is 0.287. The zero-order valence-electron chi connectivity index (χ0n) is 24.0. The molecule has 0 spiro atoms. The molecule has 208 valence electrons. The fourth-order valence-corrected chi connectivity index (χ4v) is 4.98. The Kier molecular flexibility index (Phi) is 11.8. The second-order valence-corrected chi connectivity index (χ2v) is 12.2. The Labute approximate surface area is 227 Å². The molecule has 0 saturated heterocycles. The number of amides is 3. The zero-order chi connectivity index (χ0) is 27.8. The standard InChI is InChI=1S/C29H47N3O4S/c1-9-11-21(4)30-26(33)25(22-15-14-19(2)20(3)18-22)32(23-12-10-13-23)27(34)24(16-17-37-8)31-28(35)36-29(5,6)7/h14-15,18,21,23-25H,9-13,16-17H2,1-8H3,(H,30,33)(H,31,35). The van der Waals surface area contributed by atoms with Crippen LogP contribution in [-0.4, -0.2) is 58.5 Å². The molecule has 2 N–H and O–H groups in total. The van der Waals surface area contributed by atoms with Crippen molar-refractivity contribution in [2.45, 2.75) is 117 Å². The number of aryl methyl sites for hydroxylation is 2. The Bertz CT molecular complexity index is 926. The summed E-state index contributed by atoms with van der Waals surface area (Å²) in [6.45, 7) is 13.5. The molecule has 1 saturated carbocycles. The van der Waals surface area contributed by atoms with Crippen LogP contribution in [0, 0.1) is 13.8 Å². The number of alkyl carbamates (subject to hydrolysis) is 1. The molecule has 3 amide bonds. The van der Waals surface area contributed by atoms with Gasteiger partial charge in [0.05, 0.1) is 0 Å². The predicted molar refractivity (Wildman–Crippen MR) is 152 cm³/mol. The Balaban J connectivity index is 2.49. The van der Waals surface area contributed by atoms with Crippen molar-refractivity contribution in [3.63, 3.8) is 0 Å². The van der Waals surface area contributed by atoms with Crippen molar-refractivity contribution in [2.24, 2.45) is 0 Å². The minimum absolute atomic E-state index is 0.00272. The molecule has 8 heteroatoms. The number of benzene rings is 1. The van der Waals surface area contributed by atoms with Crippen molar-refractivity contribution in [1.29, 1.82) is 0 Å². The van der Waals surface area contributed by atoms with Crippen LogP contribution in [-0.2, 0) is 14.3 Å². The van der Waals surface area contributed by atoms with Gasteiger partial charge >= 0.3 is 6.09 Å². The van der Waals surface area contributed by atoms with Gasteiger partial charge in [-0.05, 0) is 102 Å². The quantitative estimate of drug-likeness (QED) is 0.361. The third kappa shape index (κ3) is 9.24. The first kappa shape index (κ1) is 31.0. The topological polar surface area (TPSA) is 87.7 Å². The summed E-state index contributed by atoms with van der Waals surface area (Å²) in [4.78, 5) is 42.5. The van der Waals surface area contributed by atoms with E-state index in [0.29, 0.717) is 12.2 Å². The lowest BCUT2D eigenvalue weighted by atomic mass is 9.87. The molecule has 0 aliphatic heterocycles. The monoisotopic (exact) mass is 533 g/mol. The normalized spacial score (nSPS) is 16.2. The van der Waals surface area contributed by atoms with Crippen molar-refractivity contribution in [1.82, 2.24) is 15.5 Å². The number of nitrogens with one attached hydrogen (secondary N) is 2. The fraction of sp³-hybridized carbons (Fsp3) is 0.690. The number of hydrogen-bond acceptors (Lipinski definition) is 5. The number of carbonyl (C=O) groups is 3. The molecule has 1 aliphatic carbocycles. The summed E-state index contributed by atoms with van der Waals surface area (Å²) in [7, 11) is 0. The highest BCUT2D eigenvalue weighted by Gasteiger charge is 2.42. The van der Waals surface area contributed by atoms with Gasteiger partial charge in [-0.2, -0.15) is 11.8 Å². The lowest BCUT2D eigenvalue weighted by Crippen LogP contribution is -2.58. The van der Waals surface area contributed by atoms with Gasteiger partial charge in [0, 0.05) is 12.1 Å². The van der Waals surface area contributed by atoms with Gasteiger partial charge in [-0.1, -0.05) is 31.5 Å². The van der Waals surface area contributed by atoms with Crippen LogP contribution in [0.1, 0.15) is 95.9 Å². The van der Waals surface area contributed by atoms with E-state index in [1.54, 1.807) is 37.4 Å². The van der Waals surface area contributed by atoms with E-state index < -0.39 is 23.8 Å². The molecule has 0 heterocycles. The molecule has 0 aromatic heterocycles. The van der Waals surface area contributed by atoms with Crippen LogP contribution in [0.3, 0.4) is 0 Å². The molecule has 3 unspecified atom stereocenters. The number of nitrogens with zero attached hydrogens (tertiary/aromatic N) is 1. The maximum atomic E-state index is 14.2. The van der Waals surface area contributed by atoms with E-state index in [4.69, 9.17) is 4.74 Å². The summed E-state index contributed by atoms with van der Waals surface area (Å²) in [6.07, 6.45) is 6.31. The first-order chi connectivity index (χ1) is 17.4. The molecule has 0 bridgehead atoms. The Morgan fingerprint density at radius 1 is 1.11 bits per heavy atom. The van der Waals surface area contributed by atoms with Crippen LogP contribution >= 0.6 is 11.8 Å². The summed E-state index contributed by atoms with van der Waals surface area (Å²) in [6, 6.07) is 4.37. The van der Waals surface area contributed by atoms with Crippen LogP contribution < -0.4 is 10.6 Å². The summed E-state index contributed by atoms with van der Waals surface area (Å²) >= 11 is 1.61. The largest absolute Gasteiger partial charge is 0.444 e. The molecular formula is C29H47N3O4S. The van der Waals surface area contributed by atoms with Crippen LogP contribution in [0.4, 0.5) is 4.79 Å². The molecule has 1 fully saturated rings. The van der Waals surface area contributed by atoms with E-state index in [1.807, 2.05) is 45.2 Å². The molecule has 7 nitrogen and oxygen atoms in total. The first-order valence-electron chi connectivity index (χ1n) is 13.6. The molecule has 1 aromatic rings. The lowest BCUT2D eigenvalue weighted by Gasteiger charge is -2.44. The smallest absolute Gasteiger partial charge is 0.408 e. The molecule has 1 aromatic carbocycles. The van der Waals surface area contributed by atoms with Crippen molar-refractivity contribution in [2.75, 3.05) is 12.0 Å². The summed E-state index contributed by atoms with van der Waals surface area (Å²) < 4.78 is 5.47. The average molecular weight is 534 g/mol. The molecular weight excluding hydrogens is 486 g/mol. The molecule has 2 rings (SSSR count). The minimum atomic E-state index is -0.780. The van der Waals surface area contributed by atoms with Gasteiger partial charge in [-0.25, -0.2) is 4.79 Å². The van der Waals surface area contributed by atoms with Crippen LogP contribution in [0.2, 0.25) is 0 Å². The zero-order valence-corrected chi connectivity index (χ0v) is 24.8. The SMILES string of the molecule is CCCC(C)NC(=O)C(c1ccc(C)c(C)c1)N(C(=O)C(CCSC)NC(=O)OC(C)(C)C)C1CCC1. The van der Waals surface area contributed by atoms with E-state index in [-0.39, 0.29) is 23.9 Å². The van der Waals surface area contributed by atoms with E-state index in [2.05, 4.69) is 17.6 Å². The number of ether oxygens (including phenoxy) is 1. The maximum absolute atomic E-state index is 14.2. The third-order valence-electron chi connectivity index (χ3n) is 6.81. The number of thioether (sulfide) groups is 1. The second kappa shape index (κ2) is 14.1. The number of rotatable bonds is 12. The molecule has 1 aliphatic rings. The highest BCUT2D eigenvalue weighted by atomic mass is 32.2. The summed E-state index contributed by atoms with van der Waals surface area (Å²) in [5.41, 5.74) is 2.32. The van der Waals surface area contributed by atoms with Gasteiger partial charge in [0.2, 0.25) is 11.8 Å². The van der Waals surface area contributed by atoms with E-state index in [0.717, 1.165) is 48.8 Å². The lowest BCUT2D eigenvalue weighted by molar-refractivity contribution is -0.147. The summed E-state index contributed by atoms with van der Waals surface area (Å²) in [5, 5.41) is 5.98. The van der Waals surface area contributed by atoms with Crippen LogP contribution in [0.25, 0.3) is 0 Å². The van der Waals surface area contributed by atoms with Crippen molar-refractivity contribution in [3.8, 4) is 0 Å².